The number of benzene rings is 2. The first-order valence-corrected chi connectivity index (χ1v) is 11.0. The van der Waals surface area contributed by atoms with Gasteiger partial charge in [-0.05, 0) is 29.8 Å². The fourth-order valence-corrected chi connectivity index (χ4v) is 4.13. The first kappa shape index (κ1) is 22.5. The Morgan fingerprint density at radius 3 is 2.46 bits per heavy atom. The van der Waals surface area contributed by atoms with E-state index in [1.54, 1.807) is 30.1 Å². The van der Waals surface area contributed by atoms with Gasteiger partial charge in [0.1, 0.15) is 18.1 Å². The lowest BCUT2D eigenvalue weighted by Gasteiger charge is -2.09. The second-order valence-electron chi connectivity index (χ2n) is 8.30. The van der Waals surface area contributed by atoms with Crippen LogP contribution in [0, 0.1) is 0 Å². The topological polar surface area (TPSA) is 66.9 Å². The second-order valence-corrected chi connectivity index (χ2v) is 8.30. The number of ether oxygens (including phenoxy) is 1. The van der Waals surface area contributed by atoms with Gasteiger partial charge in [0.25, 0.3) is 6.43 Å². The van der Waals surface area contributed by atoms with Crippen molar-refractivity contribution >= 4 is 11.0 Å². The van der Waals surface area contributed by atoms with Crippen LogP contribution < -0.4 is 10.3 Å². The predicted molar refractivity (Wildman–Crippen MR) is 129 cm³/mol. The average Bonchev–Trinajstić information content (AvgIpc) is 3.42. The Balaban J connectivity index is 1.36. The Bertz CT molecular complexity index is 1550. The summed E-state index contributed by atoms with van der Waals surface area (Å²) < 4.78 is 36.4. The molecule has 7 nitrogen and oxygen atoms in total. The number of rotatable bonds is 7. The summed E-state index contributed by atoms with van der Waals surface area (Å²) >= 11 is 0. The van der Waals surface area contributed by atoms with E-state index >= 15 is 0 Å². The SMILES string of the molecule is Cn1cc(-c2ccc(=O)n(C)c2)c(COc2ccc(-c3cccc4c3ncn4CC(F)F)cc2)n1. The van der Waals surface area contributed by atoms with Gasteiger partial charge >= 0.3 is 0 Å². The molecule has 0 atom stereocenters. The third-order valence-electron chi connectivity index (χ3n) is 5.83. The Morgan fingerprint density at radius 2 is 1.71 bits per heavy atom. The second kappa shape index (κ2) is 9.17. The van der Waals surface area contributed by atoms with Crippen molar-refractivity contribution < 1.29 is 13.5 Å². The van der Waals surface area contributed by atoms with Crippen molar-refractivity contribution in [3.63, 3.8) is 0 Å². The van der Waals surface area contributed by atoms with Gasteiger partial charge in [-0.1, -0.05) is 24.3 Å². The third-order valence-corrected chi connectivity index (χ3v) is 5.83. The summed E-state index contributed by atoms with van der Waals surface area (Å²) in [6.45, 7) is -0.131. The van der Waals surface area contributed by atoms with Crippen LogP contribution in [0.1, 0.15) is 5.69 Å². The molecule has 0 bridgehead atoms. The minimum absolute atomic E-state index is 0.0768. The highest BCUT2D eigenvalue weighted by atomic mass is 19.3. The zero-order valence-corrected chi connectivity index (χ0v) is 19.2. The Kier molecular flexibility index (Phi) is 5.90. The van der Waals surface area contributed by atoms with Crippen molar-refractivity contribution in [1.82, 2.24) is 23.9 Å². The molecule has 0 radical (unpaired) electrons. The number of imidazole rings is 1. The van der Waals surface area contributed by atoms with E-state index in [4.69, 9.17) is 4.74 Å². The van der Waals surface area contributed by atoms with Crippen LogP contribution in [0.2, 0.25) is 0 Å². The first-order valence-electron chi connectivity index (χ1n) is 11.0. The summed E-state index contributed by atoms with van der Waals surface area (Å²) in [7, 11) is 3.55. The number of halogens is 2. The maximum absolute atomic E-state index is 12.9. The molecule has 0 aliphatic rings. The maximum Gasteiger partial charge on any atom is 0.256 e. The van der Waals surface area contributed by atoms with Crippen LogP contribution in [0.5, 0.6) is 5.75 Å². The van der Waals surface area contributed by atoms with Gasteiger partial charge in [-0.2, -0.15) is 5.10 Å². The molecule has 3 aromatic heterocycles. The molecule has 0 aliphatic carbocycles. The highest BCUT2D eigenvalue weighted by Gasteiger charge is 2.14. The van der Waals surface area contributed by atoms with E-state index in [0.29, 0.717) is 16.8 Å². The fourth-order valence-electron chi connectivity index (χ4n) is 4.13. The van der Waals surface area contributed by atoms with Gasteiger partial charge < -0.3 is 13.9 Å². The third kappa shape index (κ3) is 4.57. The molecule has 0 N–H and O–H groups in total. The molecule has 5 rings (SSSR count). The number of hydrogen-bond acceptors (Lipinski definition) is 4. The minimum atomic E-state index is -2.44. The van der Waals surface area contributed by atoms with E-state index in [0.717, 1.165) is 27.9 Å². The van der Waals surface area contributed by atoms with E-state index < -0.39 is 6.43 Å². The van der Waals surface area contributed by atoms with Crippen molar-refractivity contribution in [2.45, 2.75) is 19.6 Å². The van der Waals surface area contributed by atoms with Gasteiger partial charge in [-0.25, -0.2) is 13.8 Å². The van der Waals surface area contributed by atoms with E-state index in [1.165, 1.54) is 21.5 Å². The zero-order valence-electron chi connectivity index (χ0n) is 19.2. The van der Waals surface area contributed by atoms with Crippen LogP contribution in [-0.4, -0.2) is 30.3 Å². The standard InChI is InChI=1S/C26H23F2N5O2/c1-31-12-18(8-11-25(31)34)21-13-32(2)30-22(21)15-35-19-9-6-17(7-10-19)20-4-3-5-23-26(20)29-16-33(23)14-24(27)28/h3-13,16,24H,14-15H2,1-2H3. The zero-order chi connectivity index (χ0) is 24.5. The van der Waals surface area contributed by atoms with Crippen molar-refractivity contribution in [3.05, 3.63) is 89.4 Å². The van der Waals surface area contributed by atoms with Crippen LogP contribution >= 0.6 is 0 Å². The van der Waals surface area contributed by atoms with Crippen LogP contribution in [0.4, 0.5) is 8.78 Å². The molecule has 0 aliphatic heterocycles. The molecule has 35 heavy (non-hydrogen) atoms. The molecule has 5 aromatic rings. The first-order chi connectivity index (χ1) is 16.9. The summed E-state index contributed by atoms with van der Waals surface area (Å²) in [5, 5.41) is 4.52. The number of nitrogens with zero attached hydrogens (tertiary/aromatic N) is 5. The predicted octanol–water partition coefficient (Wildman–Crippen LogP) is 4.65. The van der Waals surface area contributed by atoms with Crippen LogP contribution in [0.25, 0.3) is 33.3 Å². The quantitative estimate of drug-likeness (QED) is 0.344. The highest BCUT2D eigenvalue weighted by Crippen LogP contribution is 2.30. The number of aryl methyl sites for hydroxylation is 2. The molecule has 178 valence electrons. The van der Waals surface area contributed by atoms with Crippen molar-refractivity contribution in [1.29, 1.82) is 0 Å². The monoisotopic (exact) mass is 475 g/mol. The molecule has 9 heteroatoms. The molecule has 0 spiro atoms. The summed E-state index contributed by atoms with van der Waals surface area (Å²) in [4.78, 5) is 16.1. The van der Waals surface area contributed by atoms with E-state index in [9.17, 15) is 13.6 Å². The Labute approximate surface area is 199 Å². The van der Waals surface area contributed by atoms with Gasteiger partial charge in [0.05, 0.1) is 23.9 Å². The van der Waals surface area contributed by atoms with Crippen molar-refractivity contribution in [2.24, 2.45) is 14.1 Å². The van der Waals surface area contributed by atoms with Gasteiger partial charge in [0, 0.05) is 49.2 Å². The maximum atomic E-state index is 12.9. The molecule has 0 amide bonds. The lowest BCUT2D eigenvalue weighted by molar-refractivity contribution is 0.128. The van der Waals surface area contributed by atoms with Crippen LogP contribution in [-0.2, 0) is 27.2 Å². The van der Waals surface area contributed by atoms with Crippen LogP contribution in [0.3, 0.4) is 0 Å². The largest absolute Gasteiger partial charge is 0.487 e. The van der Waals surface area contributed by atoms with E-state index in [-0.39, 0.29) is 18.7 Å². The highest BCUT2D eigenvalue weighted by molar-refractivity contribution is 5.92. The number of para-hydroxylation sites is 1. The van der Waals surface area contributed by atoms with Gasteiger partial charge in [-0.3, -0.25) is 9.48 Å². The number of hydrogen-bond donors (Lipinski definition) is 0. The molecule has 0 fully saturated rings. The fraction of sp³-hybridized carbons (Fsp3) is 0.192. The lowest BCUT2D eigenvalue weighted by atomic mass is 10.0. The van der Waals surface area contributed by atoms with Gasteiger partial charge in [-0.15, -0.1) is 0 Å². The van der Waals surface area contributed by atoms with Crippen molar-refractivity contribution in [3.8, 4) is 28.0 Å². The number of fused-ring (bicyclic) bond motifs is 1. The Morgan fingerprint density at radius 1 is 0.943 bits per heavy atom. The molecular weight excluding hydrogens is 452 g/mol. The molecule has 0 saturated heterocycles. The van der Waals surface area contributed by atoms with Crippen molar-refractivity contribution in [2.75, 3.05) is 0 Å². The van der Waals surface area contributed by atoms with Gasteiger partial charge in [0.15, 0.2) is 0 Å². The average molecular weight is 475 g/mol. The number of aromatic nitrogens is 5. The molecule has 0 saturated carbocycles. The summed E-state index contributed by atoms with van der Waals surface area (Å²) in [6, 6.07) is 16.4. The summed E-state index contributed by atoms with van der Waals surface area (Å²) in [5.41, 5.74) is 5.58. The minimum Gasteiger partial charge on any atom is -0.487 e. The normalized spacial score (nSPS) is 11.5. The Hall–Kier alpha value is -4.27. The molecule has 0 unspecified atom stereocenters. The molecular formula is C26H23F2N5O2. The number of alkyl halides is 2. The molecule has 2 aromatic carbocycles. The smallest absolute Gasteiger partial charge is 0.256 e. The van der Waals surface area contributed by atoms with Crippen LogP contribution in [0.15, 0.2) is 78.1 Å². The van der Waals surface area contributed by atoms with E-state index in [2.05, 4.69) is 10.1 Å². The summed E-state index contributed by atoms with van der Waals surface area (Å²) in [5.74, 6) is 0.668. The van der Waals surface area contributed by atoms with Gasteiger partial charge in [0.2, 0.25) is 5.56 Å². The number of pyridine rings is 1. The molecule has 3 heterocycles. The summed E-state index contributed by atoms with van der Waals surface area (Å²) in [6.07, 6.45) is 2.68. The van der Waals surface area contributed by atoms with E-state index in [1.807, 2.05) is 49.6 Å². The lowest BCUT2D eigenvalue weighted by Crippen LogP contribution is -2.14.